The summed E-state index contributed by atoms with van der Waals surface area (Å²) in [6.07, 6.45) is 0. The predicted octanol–water partition coefficient (Wildman–Crippen LogP) is 2.98. The van der Waals surface area contributed by atoms with Crippen LogP contribution in [0.25, 0.3) is 0 Å². The highest BCUT2D eigenvalue weighted by Crippen LogP contribution is 2.20. The summed E-state index contributed by atoms with van der Waals surface area (Å²) in [5.41, 5.74) is 2.33. The molecule has 0 saturated heterocycles. The van der Waals surface area contributed by atoms with Crippen LogP contribution in [-0.4, -0.2) is 13.0 Å². The maximum atomic E-state index is 11.9. The van der Waals surface area contributed by atoms with Gasteiger partial charge in [-0.15, -0.1) is 0 Å². The van der Waals surface area contributed by atoms with Crippen LogP contribution in [0.15, 0.2) is 54.6 Å². The third-order valence-electron chi connectivity index (χ3n) is 2.48. The van der Waals surface area contributed by atoms with Crippen LogP contribution in [-0.2, 0) is 0 Å². The van der Waals surface area contributed by atoms with E-state index in [4.69, 9.17) is 0 Å². The molecule has 3 nitrogen and oxygen atoms in total. The lowest BCUT2D eigenvalue weighted by atomic mass is 10.2. The molecule has 0 aliphatic heterocycles. The van der Waals surface area contributed by atoms with Crippen molar-refractivity contribution in [2.75, 3.05) is 17.7 Å². The topological polar surface area (TPSA) is 41.1 Å². The Bertz CT molecular complexity index is 509. The molecule has 0 saturated carbocycles. The van der Waals surface area contributed by atoms with Gasteiger partial charge in [0.2, 0.25) is 0 Å². The van der Waals surface area contributed by atoms with E-state index < -0.39 is 0 Å². The van der Waals surface area contributed by atoms with E-state index in [-0.39, 0.29) is 5.91 Å². The zero-order valence-electron chi connectivity index (χ0n) is 9.60. The summed E-state index contributed by atoms with van der Waals surface area (Å²) in [5.74, 6) is -0.103. The minimum Gasteiger partial charge on any atom is -0.386 e. The number of carbonyl (C=O) groups excluding carboxylic acids is 1. The molecule has 0 spiro atoms. The fourth-order valence-electron chi connectivity index (χ4n) is 1.59. The van der Waals surface area contributed by atoms with Crippen molar-refractivity contribution in [1.29, 1.82) is 0 Å². The van der Waals surface area contributed by atoms with Crippen molar-refractivity contribution in [3.05, 3.63) is 60.2 Å². The largest absolute Gasteiger partial charge is 0.386 e. The van der Waals surface area contributed by atoms with Crippen LogP contribution in [0.1, 0.15) is 10.4 Å². The van der Waals surface area contributed by atoms with E-state index in [0.29, 0.717) is 5.56 Å². The molecular weight excluding hydrogens is 212 g/mol. The van der Waals surface area contributed by atoms with E-state index in [1.54, 1.807) is 12.1 Å². The third-order valence-corrected chi connectivity index (χ3v) is 2.48. The van der Waals surface area contributed by atoms with Crippen LogP contribution in [0, 0.1) is 0 Å². The number of rotatable bonds is 3. The quantitative estimate of drug-likeness (QED) is 0.844. The first-order valence-electron chi connectivity index (χ1n) is 5.44. The number of hydrogen-bond acceptors (Lipinski definition) is 2. The monoisotopic (exact) mass is 226 g/mol. The minimum absolute atomic E-state index is 0.103. The molecule has 0 radical (unpaired) electrons. The van der Waals surface area contributed by atoms with E-state index in [2.05, 4.69) is 10.6 Å². The van der Waals surface area contributed by atoms with Crippen molar-refractivity contribution in [2.45, 2.75) is 0 Å². The fourth-order valence-corrected chi connectivity index (χ4v) is 1.59. The molecule has 17 heavy (non-hydrogen) atoms. The number of hydrogen-bond donors (Lipinski definition) is 2. The maximum Gasteiger partial charge on any atom is 0.255 e. The second kappa shape index (κ2) is 5.16. The van der Waals surface area contributed by atoms with Crippen molar-refractivity contribution in [2.24, 2.45) is 0 Å². The molecular formula is C14H14N2O. The highest BCUT2D eigenvalue weighted by atomic mass is 16.1. The van der Waals surface area contributed by atoms with Gasteiger partial charge in [-0.25, -0.2) is 0 Å². The zero-order valence-corrected chi connectivity index (χ0v) is 9.60. The Balaban J connectivity index is 2.19. The van der Waals surface area contributed by atoms with Crippen molar-refractivity contribution in [3.8, 4) is 0 Å². The number of benzene rings is 2. The smallest absolute Gasteiger partial charge is 0.255 e. The summed E-state index contributed by atoms with van der Waals surface area (Å²) in [6.45, 7) is 0. The number of amides is 1. The summed E-state index contributed by atoms with van der Waals surface area (Å²) in [5, 5.41) is 5.91. The van der Waals surface area contributed by atoms with E-state index in [1.807, 2.05) is 49.5 Å². The Morgan fingerprint density at radius 3 is 2.12 bits per heavy atom. The van der Waals surface area contributed by atoms with Crippen LogP contribution in [0.3, 0.4) is 0 Å². The van der Waals surface area contributed by atoms with Gasteiger partial charge in [0.25, 0.3) is 5.91 Å². The lowest BCUT2D eigenvalue weighted by Gasteiger charge is -2.10. The van der Waals surface area contributed by atoms with Crippen LogP contribution >= 0.6 is 0 Å². The fraction of sp³-hybridized carbons (Fsp3) is 0.0714. The van der Waals surface area contributed by atoms with Crippen LogP contribution < -0.4 is 10.6 Å². The molecule has 2 aromatic rings. The lowest BCUT2D eigenvalue weighted by molar-refractivity contribution is 0.102. The maximum absolute atomic E-state index is 11.9. The number of para-hydroxylation sites is 2. The first-order valence-corrected chi connectivity index (χ1v) is 5.44. The molecule has 0 unspecified atom stereocenters. The van der Waals surface area contributed by atoms with Crippen molar-refractivity contribution >= 4 is 17.3 Å². The Morgan fingerprint density at radius 2 is 1.47 bits per heavy atom. The van der Waals surface area contributed by atoms with Crippen molar-refractivity contribution in [3.63, 3.8) is 0 Å². The van der Waals surface area contributed by atoms with Gasteiger partial charge in [-0.3, -0.25) is 4.79 Å². The minimum atomic E-state index is -0.103. The third kappa shape index (κ3) is 2.64. The molecule has 3 heteroatoms. The molecule has 0 fully saturated rings. The summed E-state index contributed by atoms with van der Waals surface area (Å²) >= 11 is 0. The van der Waals surface area contributed by atoms with Crippen LogP contribution in [0.5, 0.6) is 0 Å². The SMILES string of the molecule is CNc1ccccc1NC(=O)c1ccccc1. The number of carbonyl (C=O) groups is 1. The highest BCUT2D eigenvalue weighted by Gasteiger charge is 2.07. The summed E-state index contributed by atoms with van der Waals surface area (Å²) < 4.78 is 0. The van der Waals surface area contributed by atoms with E-state index in [1.165, 1.54) is 0 Å². The molecule has 2 rings (SSSR count). The molecule has 1 amide bonds. The van der Waals surface area contributed by atoms with Gasteiger partial charge < -0.3 is 10.6 Å². The van der Waals surface area contributed by atoms with Gasteiger partial charge in [0.05, 0.1) is 11.4 Å². The molecule has 0 bridgehead atoms. The van der Waals surface area contributed by atoms with Crippen molar-refractivity contribution in [1.82, 2.24) is 0 Å². The molecule has 2 N–H and O–H groups in total. The molecule has 0 aliphatic carbocycles. The van der Waals surface area contributed by atoms with Gasteiger partial charge in [0.1, 0.15) is 0 Å². The molecule has 0 aliphatic rings. The van der Waals surface area contributed by atoms with Gasteiger partial charge in [-0.05, 0) is 24.3 Å². The Hall–Kier alpha value is -2.29. The zero-order chi connectivity index (χ0) is 12.1. The Labute approximate surface area is 100 Å². The van der Waals surface area contributed by atoms with E-state index >= 15 is 0 Å². The standard InChI is InChI=1S/C14H14N2O/c1-15-12-9-5-6-10-13(12)16-14(17)11-7-3-2-4-8-11/h2-10,15H,1H3,(H,16,17). The second-order valence-electron chi connectivity index (χ2n) is 3.62. The van der Waals surface area contributed by atoms with Crippen LogP contribution in [0.2, 0.25) is 0 Å². The van der Waals surface area contributed by atoms with Gasteiger partial charge in [0, 0.05) is 12.6 Å². The van der Waals surface area contributed by atoms with E-state index in [0.717, 1.165) is 11.4 Å². The van der Waals surface area contributed by atoms with Gasteiger partial charge >= 0.3 is 0 Å². The summed E-state index contributed by atoms with van der Waals surface area (Å²) in [4.78, 5) is 11.9. The average molecular weight is 226 g/mol. The normalized spacial score (nSPS) is 9.71. The number of anilines is 2. The Morgan fingerprint density at radius 1 is 0.882 bits per heavy atom. The first-order chi connectivity index (χ1) is 8.31. The lowest BCUT2D eigenvalue weighted by Crippen LogP contribution is -2.12. The van der Waals surface area contributed by atoms with Gasteiger partial charge in [-0.2, -0.15) is 0 Å². The first kappa shape index (κ1) is 11.2. The molecule has 0 atom stereocenters. The predicted molar refractivity (Wildman–Crippen MR) is 70.4 cm³/mol. The number of nitrogens with one attached hydrogen (secondary N) is 2. The van der Waals surface area contributed by atoms with Crippen LogP contribution in [0.4, 0.5) is 11.4 Å². The van der Waals surface area contributed by atoms with Gasteiger partial charge in [-0.1, -0.05) is 30.3 Å². The molecule has 2 aromatic carbocycles. The highest BCUT2D eigenvalue weighted by molar-refractivity contribution is 6.05. The second-order valence-corrected chi connectivity index (χ2v) is 3.62. The Kier molecular flexibility index (Phi) is 3.40. The molecule has 0 heterocycles. The summed E-state index contributed by atoms with van der Waals surface area (Å²) in [6, 6.07) is 16.8. The molecule has 0 aromatic heterocycles. The van der Waals surface area contributed by atoms with Gasteiger partial charge in [0.15, 0.2) is 0 Å². The average Bonchev–Trinajstić information content (AvgIpc) is 2.40. The summed E-state index contributed by atoms with van der Waals surface area (Å²) in [7, 11) is 1.83. The molecule has 86 valence electrons. The van der Waals surface area contributed by atoms with E-state index in [9.17, 15) is 4.79 Å². The van der Waals surface area contributed by atoms with Crippen molar-refractivity contribution < 1.29 is 4.79 Å².